The molecule has 0 saturated heterocycles. The van der Waals surface area contributed by atoms with Gasteiger partial charge in [0, 0.05) is 0 Å². The van der Waals surface area contributed by atoms with Crippen LogP contribution < -0.4 is 0 Å². The maximum atomic E-state index is 12.4. The minimum atomic E-state index is -0.581. The first-order valence-corrected chi connectivity index (χ1v) is 8.53. The highest BCUT2D eigenvalue weighted by Crippen LogP contribution is 2.35. The molecule has 0 aliphatic carbocycles. The van der Waals surface area contributed by atoms with Crippen LogP contribution in [-0.4, -0.2) is 37.9 Å². The number of ether oxygens (including phenoxy) is 1. The second-order valence-corrected chi connectivity index (χ2v) is 6.12. The van der Waals surface area contributed by atoms with E-state index in [4.69, 9.17) is 4.74 Å². The molecule has 7 nitrogen and oxygen atoms in total. The predicted octanol–water partition coefficient (Wildman–Crippen LogP) is 2.76. The molecule has 0 spiro atoms. The number of hydrogen-bond donors (Lipinski definition) is 1. The minimum Gasteiger partial charge on any atom is -0.508 e. The van der Waals surface area contributed by atoms with Crippen molar-refractivity contribution in [3.05, 3.63) is 60.2 Å². The Kier molecular flexibility index (Phi) is 5.30. The fraction of sp³-hybridized carbons (Fsp3) is 0.176. The summed E-state index contributed by atoms with van der Waals surface area (Å²) in [6, 6.07) is 15.8. The van der Waals surface area contributed by atoms with Gasteiger partial charge in [-0.3, -0.25) is 4.79 Å². The Balaban J connectivity index is 1.92. The SMILES string of the molecule is CCOC(=O)[C@@H](Sc1nnnn1-c1ccc(O)cc1)c1ccccc1. The monoisotopic (exact) mass is 356 g/mol. The molecule has 0 unspecified atom stereocenters. The third kappa shape index (κ3) is 3.97. The van der Waals surface area contributed by atoms with Gasteiger partial charge in [0.2, 0.25) is 5.16 Å². The lowest BCUT2D eigenvalue weighted by atomic mass is 10.1. The molecule has 0 amide bonds. The van der Waals surface area contributed by atoms with Gasteiger partial charge in [-0.2, -0.15) is 4.68 Å². The van der Waals surface area contributed by atoms with E-state index < -0.39 is 5.25 Å². The molecule has 8 heteroatoms. The van der Waals surface area contributed by atoms with Crippen LogP contribution in [0.1, 0.15) is 17.7 Å². The van der Waals surface area contributed by atoms with Gasteiger partial charge in [-0.15, -0.1) is 5.10 Å². The molecule has 1 N–H and O–H groups in total. The first kappa shape index (κ1) is 17.0. The summed E-state index contributed by atoms with van der Waals surface area (Å²) in [7, 11) is 0. The largest absolute Gasteiger partial charge is 0.508 e. The Hall–Kier alpha value is -2.87. The lowest BCUT2D eigenvalue weighted by Gasteiger charge is -2.15. The van der Waals surface area contributed by atoms with Gasteiger partial charge in [0.05, 0.1) is 12.3 Å². The van der Waals surface area contributed by atoms with E-state index in [1.165, 1.54) is 16.4 Å². The standard InChI is InChI=1S/C17H16N4O3S/c1-2-24-16(23)15(12-6-4-3-5-7-12)25-17-18-19-20-21(17)13-8-10-14(22)11-9-13/h3-11,15,22H,2H2,1H3/t15-/m0/s1. The van der Waals surface area contributed by atoms with Gasteiger partial charge < -0.3 is 9.84 Å². The number of thioether (sulfide) groups is 1. The van der Waals surface area contributed by atoms with Crippen LogP contribution in [0.4, 0.5) is 0 Å². The third-order valence-electron chi connectivity index (χ3n) is 3.36. The number of nitrogens with zero attached hydrogens (tertiary/aromatic N) is 4. The van der Waals surface area contributed by atoms with Crippen molar-refractivity contribution in [3.63, 3.8) is 0 Å². The highest BCUT2D eigenvalue weighted by molar-refractivity contribution is 8.00. The predicted molar refractivity (Wildman–Crippen MR) is 92.5 cm³/mol. The first-order valence-electron chi connectivity index (χ1n) is 7.65. The van der Waals surface area contributed by atoms with Crippen LogP contribution in [0, 0.1) is 0 Å². The molecule has 2 aromatic carbocycles. The van der Waals surface area contributed by atoms with Crippen LogP contribution in [0.5, 0.6) is 5.75 Å². The smallest absolute Gasteiger partial charge is 0.324 e. The molecule has 25 heavy (non-hydrogen) atoms. The van der Waals surface area contributed by atoms with E-state index in [0.29, 0.717) is 17.5 Å². The molecule has 0 aliphatic rings. The summed E-state index contributed by atoms with van der Waals surface area (Å²) in [5, 5.41) is 21.0. The van der Waals surface area contributed by atoms with E-state index in [0.717, 1.165) is 5.56 Å². The number of phenolic OH excluding ortho intramolecular Hbond substituents is 1. The van der Waals surface area contributed by atoms with Gasteiger partial charge in [-0.1, -0.05) is 42.1 Å². The Labute approximate surface area is 148 Å². The van der Waals surface area contributed by atoms with Crippen LogP contribution in [-0.2, 0) is 9.53 Å². The van der Waals surface area contributed by atoms with Crippen molar-refractivity contribution >= 4 is 17.7 Å². The molecule has 128 valence electrons. The number of hydrogen-bond acceptors (Lipinski definition) is 7. The molecule has 0 radical (unpaired) electrons. The number of aromatic nitrogens is 4. The summed E-state index contributed by atoms with van der Waals surface area (Å²) in [5.74, 6) is -0.196. The quantitative estimate of drug-likeness (QED) is 0.536. The second kappa shape index (κ2) is 7.80. The van der Waals surface area contributed by atoms with Crippen LogP contribution in [0.3, 0.4) is 0 Å². The lowest BCUT2D eigenvalue weighted by molar-refractivity contribution is -0.142. The number of aromatic hydroxyl groups is 1. The molecule has 3 aromatic rings. The van der Waals surface area contributed by atoms with Crippen molar-refractivity contribution in [3.8, 4) is 11.4 Å². The Morgan fingerprint density at radius 3 is 2.60 bits per heavy atom. The van der Waals surface area contributed by atoms with Crippen LogP contribution in [0.25, 0.3) is 5.69 Å². The third-order valence-corrected chi connectivity index (χ3v) is 4.53. The van der Waals surface area contributed by atoms with Crippen molar-refractivity contribution in [1.29, 1.82) is 0 Å². The molecule has 0 saturated carbocycles. The summed E-state index contributed by atoms with van der Waals surface area (Å²) in [6.07, 6.45) is 0. The van der Waals surface area contributed by atoms with E-state index in [9.17, 15) is 9.90 Å². The van der Waals surface area contributed by atoms with Gasteiger partial charge in [0.25, 0.3) is 0 Å². The molecule has 1 heterocycles. The number of phenols is 1. The molecule has 0 aliphatic heterocycles. The van der Waals surface area contributed by atoms with Crippen LogP contribution >= 0.6 is 11.8 Å². The second-order valence-electron chi connectivity index (χ2n) is 5.05. The number of tetrazole rings is 1. The summed E-state index contributed by atoms with van der Waals surface area (Å²) >= 11 is 1.21. The van der Waals surface area contributed by atoms with E-state index in [1.54, 1.807) is 31.2 Å². The summed E-state index contributed by atoms with van der Waals surface area (Å²) < 4.78 is 6.71. The van der Waals surface area contributed by atoms with E-state index >= 15 is 0 Å². The zero-order chi connectivity index (χ0) is 17.6. The Morgan fingerprint density at radius 1 is 1.20 bits per heavy atom. The Morgan fingerprint density at radius 2 is 1.92 bits per heavy atom. The number of benzene rings is 2. The topological polar surface area (TPSA) is 90.1 Å². The number of carbonyl (C=O) groups is 1. The van der Waals surface area contributed by atoms with Gasteiger partial charge in [-0.25, -0.2) is 0 Å². The number of esters is 1. The summed E-state index contributed by atoms with van der Waals surface area (Å²) in [6.45, 7) is 2.07. The van der Waals surface area contributed by atoms with Crippen molar-refractivity contribution in [1.82, 2.24) is 20.2 Å². The number of carbonyl (C=O) groups excluding carboxylic acids is 1. The van der Waals surface area contributed by atoms with Crippen LogP contribution in [0.2, 0.25) is 0 Å². The van der Waals surface area contributed by atoms with Gasteiger partial charge >= 0.3 is 5.97 Å². The highest BCUT2D eigenvalue weighted by atomic mass is 32.2. The molecule has 1 aromatic heterocycles. The zero-order valence-electron chi connectivity index (χ0n) is 13.4. The van der Waals surface area contributed by atoms with Crippen molar-refractivity contribution in [2.75, 3.05) is 6.61 Å². The van der Waals surface area contributed by atoms with Crippen molar-refractivity contribution in [2.45, 2.75) is 17.3 Å². The maximum absolute atomic E-state index is 12.4. The fourth-order valence-electron chi connectivity index (χ4n) is 2.21. The minimum absolute atomic E-state index is 0.153. The normalized spacial score (nSPS) is 11.9. The van der Waals surface area contributed by atoms with Gasteiger partial charge in [0.15, 0.2) is 0 Å². The molecular weight excluding hydrogens is 340 g/mol. The average molecular weight is 356 g/mol. The van der Waals surface area contributed by atoms with Crippen LogP contribution in [0.15, 0.2) is 59.8 Å². The Bertz CT molecular complexity index is 837. The molecule has 0 fully saturated rings. The fourth-order valence-corrected chi connectivity index (χ4v) is 3.21. The molecular formula is C17H16N4O3S. The van der Waals surface area contributed by atoms with E-state index in [1.807, 2.05) is 30.3 Å². The number of rotatable bonds is 6. The summed E-state index contributed by atoms with van der Waals surface area (Å²) in [4.78, 5) is 12.4. The summed E-state index contributed by atoms with van der Waals surface area (Å²) in [5.41, 5.74) is 1.49. The zero-order valence-corrected chi connectivity index (χ0v) is 14.3. The average Bonchev–Trinajstić information content (AvgIpc) is 3.09. The van der Waals surface area contributed by atoms with E-state index in [-0.39, 0.29) is 11.7 Å². The molecule has 0 bridgehead atoms. The van der Waals surface area contributed by atoms with E-state index in [2.05, 4.69) is 15.5 Å². The molecule has 3 rings (SSSR count). The molecule has 1 atom stereocenters. The first-order chi connectivity index (χ1) is 12.2. The van der Waals surface area contributed by atoms with Gasteiger partial charge in [-0.05, 0) is 47.2 Å². The van der Waals surface area contributed by atoms with Gasteiger partial charge in [0.1, 0.15) is 11.0 Å². The maximum Gasteiger partial charge on any atom is 0.324 e. The lowest BCUT2D eigenvalue weighted by Crippen LogP contribution is -2.14. The highest BCUT2D eigenvalue weighted by Gasteiger charge is 2.26. The van der Waals surface area contributed by atoms with Crippen molar-refractivity contribution < 1.29 is 14.6 Å². The van der Waals surface area contributed by atoms with Crippen molar-refractivity contribution in [2.24, 2.45) is 0 Å².